The zero-order chi connectivity index (χ0) is 13.5. The second-order valence-electron chi connectivity index (χ2n) is 5.21. The molecule has 19 heavy (non-hydrogen) atoms. The van der Waals surface area contributed by atoms with E-state index >= 15 is 0 Å². The van der Waals surface area contributed by atoms with Crippen molar-refractivity contribution in [3.63, 3.8) is 0 Å². The van der Waals surface area contributed by atoms with Crippen LogP contribution in [-0.2, 0) is 0 Å². The second kappa shape index (κ2) is 7.10. The standard InChI is InChI=1S/C15H21N3O/c16-10-12-6-7-15(17-11-12)18-14(8-9-19)13-4-2-1-3-5-13/h6-7,11,13-14,19H,1-5,8-9H2,(H,17,18). The number of anilines is 1. The van der Waals surface area contributed by atoms with Crippen molar-refractivity contribution in [2.75, 3.05) is 11.9 Å². The van der Waals surface area contributed by atoms with Crippen molar-refractivity contribution in [1.29, 1.82) is 5.26 Å². The average molecular weight is 259 g/mol. The molecule has 1 aromatic rings. The van der Waals surface area contributed by atoms with Gasteiger partial charge < -0.3 is 10.4 Å². The van der Waals surface area contributed by atoms with Gasteiger partial charge in [0.25, 0.3) is 0 Å². The van der Waals surface area contributed by atoms with Crippen molar-refractivity contribution in [1.82, 2.24) is 4.98 Å². The topological polar surface area (TPSA) is 68.9 Å². The van der Waals surface area contributed by atoms with Crippen molar-refractivity contribution in [2.24, 2.45) is 5.92 Å². The lowest BCUT2D eigenvalue weighted by Gasteiger charge is -2.31. The summed E-state index contributed by atoms with van der Waals surface area (Å²) in [4.78, 5) is 4.25. The van der Waals surface area contributed by atoms with E-state index in [1.54, 1.807) is 12.3 Å². The molecule has 1 saturated carbocycles. The molecule has 0 aromatic carbocycles. The molecule has 0 spiro atoms. The number of rotatable bonds is 5. The summed E-state index contributed by atoms with van der Waals surface area (Å²) in [7, 11) is 0. The molecule has 0 radical (unpaired) electrons. The number of pyridine rings is 1. The Morgan fingerprint density at radius 1 is 1.37 bits per heavy atom. The van der Waals surface area contributed by atoms with E-state index in [0.29, 0.717) is 11.5 Å². The number of nitriles is 1. The van der Waals surface area contributed by atoms with E-state index in [2.05, 4.69) is 16.4 Å². The van der Waals surface area contributed by atoms with Crippen LogP contribution in [0.4, 0.5) is 5.82 Å². The van der Waals surface area contributed by atoms with Crippen LogP contribution >= 0.6 is 0 Å². The Bertz CT molecular complexity index is 418. The van der Waals surface area contributed by atoms with Gasteiger partial charge in [0.1, 0.15) is 11.9 Å². The van der Waals surface area contributed by atoms with E-state index in [-0.39, 0.29) is 12.6 Å². The first kappa shape index (κ1) is 13.8. The lowest BCUT2D eigenvalue weighted by molar-refractivity contribution is 0.239. The van der Waals surface area contributed by atoms with E-state index < -0.39 is 0 Å². The third-order valence-corrected chi connectivity index (χ3v) is 3.88. The average Bonchev–Trinajstić information content (AvgIpc) is 2.48. The van der Waals surface area contributed by atoms with Gasteiger partial charge in [-0.3, -0.25) is 0 Å². The number of aromatic nitrogens is 1. The van der Waals surface area contributed by atoms with Gasteiger partial charge in [-0.1, -0.05) is 19.3 Å². The molecule has 1 heterocycles. The highest BCUT2D eigenvalue weighted by Crippen LogP contribution is 2.29. The Morgan fingerprint density at radius 3 is 2.74 bits per heavy atom. The zero-order valence-electron chi connectivity index (χ0n) is 11.2. The van der Waals surface area contributed by atoms with Crippen LogP contribution in [0, 0.1) is 17.2 Å². The number of aliphatic hydroxyl groups is 1. The fourth-order valence-corrected chi connectivity index (χ4v) is 2.84. The van der Waals surface area contributed by atoms with E-state index in [1.807, 2.05) is 6.07 Å². The molecule has 1 aliphatic rings. The highest BCUT2D eigenvalue weighted by Gasteiger charge is 2.23. The molecule has 2 rings (SSSR count). The zero-order valence-corrected chi connectivity index (χ0v) is 11.2. The van der Waals surface area contributed by atoms with Crippen LogP contribution in [0.1, 0.15) is 44.1 Å². The normalized spacial score (nSPS) is 17.7. The summed E-state index contributed by atoms with van der Waals surface area (Å²) in [6, 6.07) is 5.96. The maximum atomic E-state index is 9.22. The van der Waals surface area contributed by atoms with Crippen LogP contribution in [0.25, 0.3) is 0 Å². The maximum Gasteiger partial charge on any atom is 0.126 e. The molecule has 4 nitrogen and oxygen atoms in total. The summed E-state index contributed by atoms with van der Waals surface area (Å²) in [5.41, 5.74) is 0.571. The Morgan fingerprint density at radius 2 is 2.16 bits per heavy atom. The predicted octanol–water partition coefficient (Wildman–Crippen LogP) is 2.70. The molecule has 102 valence electrons. The summed E-state index contributed by atoms with van der Waals surface area (Å²) in [5, 5.41) is 21.4. The Balaban J connectivity index is 2.00. The number of aliphatic hydroxyl groups excluding tert-OH is 1. The van der Waals surface area contributed by atoms with Crippen molar-refractivity contribution in [2.45, 2.75) is 44.6 Å². The maximum absolute atomic E-state index is 9.22. The van der Waals surface area contributed by atoms with E-state index in [9.17, 15) is 5.11 Å². The van der Waals surface area contributed by atoms with Gasteiger partial charge in [-0.2, -0.15) is 5.26 Å². The highest BCUT2D eigenvalue weighted by atomic mass is 16.3. The molecule has 1 atom stereocenters. The molecule has 4 heteroatoms. The second-order valence-corrected chi connectivity index (χ2v) is 5.21. The number of hydrogen-bond donors (Lipinski definition) is 2. The quantitative estimate of drug-likeness (QED) is 0.853. The summed E-state index contributed by atoms with van der Waals surface area (Å²) in [6.07, 6.45) is 8.70. The van der Waals surface area contributed by atoms with Crippen molar-refractivity contribution >= 4 is 5.82 Å². The van der Waals surface area contributed by atoms with Crippen molar-refractivity contribution in [3.8, 4) is 6.07 Å². The Labute approximate surface area is 114 Å². The van der Waals surface area contributed by atoms with Gasteiger partial charge in [-0.15, -0.1) is 0 Å². The van der Waals surface area contributed by atoms with Gasteiger partial charge in [-0.05, 0) is 37.3 Å². The van der Waals surface area contributed by atoms with Gasteiger partial charge in [0.15, 0.2) is 0 Å². The minimum atomic E-state index is 0.199. The highest BCUT2D eigenvalue weighted by molar-refractivity contribution is 5.39. The molecule has 0 amide bonds. The summed E-state index contributed by atoms with van der Waals surface area (Å²) < 4.78 is 0. The molecule has 2 N–H and O–H groups in total. The summed E-state index contributed by atoms with van der Waals surface area (Å²) in [5.74, 6) is 1.42. The van der Waals surface area contributed by atoms with Gasteiger partial charge in [0.2, 0.25) is 0 Å². The fraction of sp³-hybridized carbons (Fsp3) is 0.600. The van der Waals surface area contributed by atoms with E-state index in [1.165, 1.54) is 32.1 Å². The van der Waals surface area contributed by atoms with Crippen LogP contribution < -0.4 is 5.32 Å². The molecular formula is C15H21N3O. The van der Waals surface area contributed by atoms with E-state index in [0.717, 1.165) is 12.2 Å². The molecular weight excluding hydrogens is 238 g/mol. The number of hydrogen-bond acceptors (Lipinski definition) is 4. The van der Waals surface area contributed by atoms with Gasteiger partial charge in [0, 0.05) is 18.8 Å². The number of nitrogens with zero attached hydrogens (tertiary/aromatic N) is 2. The summed E-state index contributed by atoms with van der Waals surface area (Å²) >= 11 is 0. The predicted molar refractivity (Wildman–Crippen MR) is 74.6 cm³/mol. The van der Waals surface area contributed by atoms with Crippen LogP contribution in [0.5, 0.6) is 0 Å². The van der Waals surface area contributed by atoms with Crippen LogP contribution in [0.3, 0.4) is 0 Å². The molecule has 0 aliphatic heterocycles. The first-order valence-corrected chi connectivity index (χ1v) is 7.07. The largest absolute Gasteiger partial charge is 0.396 e. The molecule has 1 aromatic heterocycles. The van der Waals surface area contributed by atoms with Crippen LogP contribution in [0.2, 0.25) is 0 Å². The lowest BCUT2D eigenvalue weighted by Crippen LogP contribution is -2.32. The smallest absolute Gasteiger partial charge is 0.126 e. The Kier molecular flexibility index (Phi) is 5.17. The molecule has 0 bridgehead atoms. The van der Waals surface area contributed by atoms with Crippen molar-refractivity contribution in [3.05, 3.63) is 23.9 Å². The monoisotopic (exact) mass is 259 g/mol. The van der Waals surface area contributed by atoms with Gasteiger partial charge in [0.05, 0.1) is 5.56 Å². The van der Waals surface area contributed by atoms with Gasteiger partial charge in [-0.25, -0.2) is 4.98 Å². The van der Waals surface area contributed by atoms with Crippen molar-refractivity contribution < 1.29 is 5.11 Å². The third kappa shape index (κ3) is 3.93. The first-order valence-electron chi connectivity index (χ1n) is 7.07. The molecule has 1 aliphatic carbocycles. The third-order valence-electron chi connectivity index (χ3n) is 3.88. The lowest BCUT2D eigenvalue weighted by atomic mass is 9.83. The SMILES string of the molecule is N#Cc1ccc(NC(CCO)C2CCCCC2)nc1. The van der Waals surface area contributed by atoms with E-state index in [4.69, 9.17) is 5.26 Å². The first-order chi connectivity index (χ1) is 9.33. The molecule has 1 unspecified atom stereocenters. The minimum Gasteiger partial charge on any atom is -0.396 e. The minimum absolute atomic E-state index is 0.199. The number of nitrogens with one attached hydrogen (secondary N) is 1. The molecule has 0 saturated heterocycles. The van der Waals surface area contributed by atoms with Crippen LogP contribution in [-0.4, -0.2) is 22.7 Å². The van der Waals surface area contributed by atoms with Gasteiger partial charge >= 0.3 is 0 Å². The summed E-state index contributed by atoms with van der Waals surface area (Å²) in [6.45, 7) is 0.199. The Hall–Kier alpha value is -1.60. The fourth-order valence-electron chi connectivity index (χ4n) is 2.84. The molecule has 1 fully saturated rings. The van der Waals surface area contributed by atoms with Crippen LogP contribution in [0.15, 0.2) is 18.3 Å².